The van der Waals surface area contributed by atoms with E-state index in [0.29, 0.717) is 19.4 Å². The molecule has 1 amide bonds. The first-order chi connectivity index (χ1) is 9.89. The molecule has 1 atom stereocenters. The van der Waals surface area contributed by atoms with Crippen LogP contribution < -0.4 is 9.62 Å². The van der Waals surface area contributed by atoms with E-state index in [4.69, 9.17) is 0 Å². The van der Waals surface area contributed by atoms with Crippen molar-refractivity contribution in [1.29, 1.82) is 0 Å². The molecule has 1 aromatic rings. The standard InChI is InChI=1S/C15H22N2O3S/c1-4-11(3)16-21(19,20)13-6-7-14-12(10-13)8-9-17(14)15(18)5-2/h6-7,10-11,16H,4-5,8-9H2,1-3H3/t11-/m1/s1. The smallest absolute Gasteiger partial charge is 0.240 e. The Bertz CT molecular complexity index is 640. The Labute approximate surface area is 126 Å². The quantitative estimate of drug-likeness (QED) is 0.905. The van der Waals surface area contributed by atoms with Crippen LogP contribution in [0.3, 0.4) is 0 Å². The number of hydrogen-bond donors (Lipinski definition) is 1. The first-order valence-electron chi connectivity index (χ1n) is 7.34. The van der Waals surface area contributed by atoms with Crippen molar-refractivity contribution in [2.75, 3.05) is 11.4 Å². The van der Waals surface area contributed by atoms with E-state index in [9.17, 15) is 13.2 Å². The molecule has 116 valence electrons. The maximum Gasteiger partial charge on any atom is 0.240 e. The highest BCUT2D eigenvalue weighted by molar-refractivity contribution is 7.89. The number of carbonyl (C=O) groups is 1. The van der Waals surface area contributed by atoms with Gasteiger partial charge in [0, 0.05) is 24.7 Å². The van der Waals surface area contributed by atoms with Gasteiger partial charge >= 0.3 is 0 Å². The lowest BCUT2D eigenvalue weighted by Gasteiger charge is -2.17. The van der Waals surface area contributed by atoms with Gasteiger partial charge in [0.1, 0.15) is 0 Å². The molecule has 0 unspecified atom stereocenters. The molecule has 0 saturated carbocycles. The van der Waals surface area contributed by atoms with Gasteiger partial charge in [-0.3, -0.25) is 4.79 Å². The van der Waals surface area contributed by atoms with Crippen molar-refractivity contribution < 1.29 is 13.2 Å². The number of rotatable bonds is 5. The maximum absolute atomic E-state index is 12.3. The zero-order chi connectivity index (χ0) is 15.6. The van der Waals surface area contributed by atoms with Crippen LogP contribution >= 0.6 is 0 Å². The van der Waals surface area contributed by atoms with Crippen LogP contribution in [-0.2, 0) is 21.2 Å². The molecule has 1 aliphatic heterocycles. The van der Waals surface area contributed by atoms with Crippen molar-refractivity contribution in [1.82, 2.24) is 4.72 Å². The highest BCUT2D eigenvalue weighted by Crippen LogP contribution is 2.30. The van der Waals surface area contributed by atoms with Gasteiger partial charge in [0.05, 0.1) is 4.90 Å². The van der Waals surface area contributed by atoms with Gasteiger partial charge < -0.3 is 4.90 Å². The molecule has 0 aliphatic carbocycles. The van der Waals surface area contributed by atoms with Crippen molar-refractivity contribution in [3.63, 3.8) is 0 Å². The van der Waals surface area contributed by atoms with Gasteiger partial charge in [0.2, 0.25) is 15.9 Å². The van der Waals surface area contributed by atoms with Crippen molar-refractivity contribution >= 4 is 21.6 Å². The van der Waals surface area contributed by atoms with Crippen LogP contribution in [0.2, 0.25) is 0 Å². The summed E-state index contributed by atoms with van der Waals surface area (Å²) < 4.78 is 27.2. The Morgan fingerprint density at radius 1 is 1.38 bits per heavy atom. The maximum atomic E-state index is 12.3. The molecule has 0 aromatic heterocycles. The number of nitrogens with one attached hydrogen (secondary N) is 1. The van der Waals surface area contributed by atoms with Crippen molar-refractivity contribution in [3.05, 3.63) is 23.8 Å². The summed E-state index contributed by atoms with van der Waals surface area (Å²) in [5.74, 6) is 0.0714. The van der Waals surface area contributed by atoms with E-state index in [1.165, 1.54) is 0 Å². The summed E-state index contributed by atoms with van der Waals surface area (Å²) in [6.07, 6.45) is 1.89. The fourth-order valence-corrected chi connectivity index (χ4v) is 3.79. The number of fused-ring (bicyclic) bond motifs is 1. The van der Waals surface area contributed by atoms with Crippen LogP contribution in [0.5, 0.6) is 0 Å². The van der Waals surface area contributed by atoms with Crippen LogP contribution in [0.15, 0.2) is 23.1 Å². The summed E-state index contributed by atoms with van der Waals surface area (Å²) in [5, 5.41) is 0. The van der Waals surface area contributed by atoms with E-state index in [0.717, 1.165) is 17.7 Å². The lowest BCUT2D eigenvalue weighted by atomic mass is 10.2. The Kier molecular flexibility index (Phi) is 4.68. The summed E-state index contributed by atoms with van der Waals surface area (Å²) in [6, 6.07) is 4.90. The van der Waals surface area contributed by atoms with Gasteiger partial charge in [-0.2, -0.15) is 0 Å². The monoisotopic (exact) mass is 310 g/mol. The predicted octanol–water partition coefficient (Wildman–Crippen LogP) is 2.06. The van der Waals surface area contributed by atoms with Gasteiger partial charge in [0.25, 0.3) is 0 Å². The van der Waals surface area contributed by atoms with Gasteiger partial charge in [-0.15, -0.1) is 0 Å². The van der Waals surface area contributed by atoms with E-state index in [-0.39, 0.29) is 16.8 Å². The molecule has 0 fully saturated rings. The number of anilines is 1. The number of nitrogens with zero attached hydrogens (tertiary/aromatic N) is 1. The molecule has 0 saturated heterocycles. The molecular formula is C15H22N2O3S. The summed E-state index contributed by atoms with van der Waals surface area (Å²) >= 11 is 0. The third-order valence-corrected chi connectivity index (χ3v) is 5.42. The summed E-state index contributed by atoms with van der Waals surface area (Å²) in [6.45, 7) is 6.23. The fraction of sp³-hybridized carbons (Fsp3) is 0.533. The topological polar surface area (TPSA) is 66.5 Å². The Balaban J connectivity index is 2.29. The van der Waals surface area contributed by atoms with Gasteiger partial charge in [-0.25, -0.2) is 13.1 Å². The minimum Gasteiger partial charge on any atom is -0.312 e. The minimum atomic E-state index is -3.49. The van der Waals surface area contributed by atoms with E-state index in [1.807, 2.05) is 20.8 Å². The van der Waals surface area contributed by atoms with Crippen molar-refractivity contribution in [2.45, 2.75) is 51.0 Å². The third-order valence-electron chi connectivity index (χ3n) is 3.83. The molecule has 6 heteroatoms. The second-order valence-electron chi connectivity index (χ2n) is 5.37. The minimum absolute atomic E-state index is 0.0714. The number of sulfonamides is 1. The fourth-order valence-electron chi connectivity index (χ4n) is 2.41. The SMILES string of the molecule is CCC(=O)N1CCc2cc(S(=O)(=O)N[C@H](C)CC)ccc21. The third kappa shape index (κ3) is 3.27. The second kappa shape index (κ2) is 6.15. The van der Waals surface area contributed by atoms with E-state index >= 15 is 0 Å². The Morgan fingerprint density at radius 2 is 2.10 bits per heavy atom. The van der Waals surface area contributed by atoms with Crippen LogP contribution in [-0.4, -0.2) is 26.9 Å². The lowest BCUT2D eigenvalue weighted by Crippen LogP contribution is -2.32. The largest absolute Gasteiger partial charge is 0.312 e. The zero-order valence-electron chi connectivity index (χ0n) is 12.7. The van der Waals surface area contributed by atoms with Crippen LogP contribution in [0.1, 0.15) is 39.2 Å². The first-order valence-corrected chi connectivity index (χ1v) is 8.83. The second-order valence-corrected chi connectivity index (χ2v) is 7.08. The molecular weight excluding hydrogens is 288 g/mol. The van der Waals surface area contributed by atoms with Crippen molar-refractivity contribution in [2.24, 2.45) is 0 Å². The Hall–Kier alpha value is -1.40. The number of hydrogen-bond acceptors (Lipinski definition) is 3. The number of benzene rings is 1. The normalized spacial score (nSPS) is 15.9. The molecule has 1 N–H and O–H groups in total. The molecule has 0 bridgehead atoms. The number of amides is 1. The van der Waals surface area contributed by atoms with Crippen LogP contribution in [0.25, 0.3) is 0 Å². The molecule has 2 rings (SSSR count). The predicted molar refractivity (Wildman–Crippen MR) is 82.9 cm³/mol. The molecule has 5 nitrogen and oxygen atoms in total. The van der Waals surface area contributed by atoms with E-state index < -0.39 is 10.0 Å². The van der Waals surface area contributed by atoms with Gasteiger partial charge in [-0.05, 0) is 43.5 Å². The van der Waals surface area contributed by atoms with E-state index in [1.54, 1.807) is 23.1 Å². The summed E-state index contributed by atoms with van der Waals surface area (Å²) in [7, 11) is -3.49. The summed E-state index contributed by atoms with van der Waals surface area (Å²) in [4.78, 5) is 13.8. The van der Waals surface area contributed by atoms with Crippen LogP contribution in [0.4, 0.5) is 5.69 Å². The molecule has 0 radical (unpaired) electrons. The Morgan fingerprint density at radius 3 is 2.71 bits per heavy atom. The summed E-state index contributed by atoms with van der Waals surface area (Å²) in [5.41, 5.74) is 1.76. The van der Waals surface area contributed by atoms with Gasteiger partial charge in [0.15, 0.2) is 0 Å². The van der Waals surface area contributed by atoms with Crippen LogP contribution in [0, 0.1) is 0 Å². The molecule has 1 aliphatic rings. The molecule has 21 heavy (non-hydrogen) atoms. The van der Waals surface area contributed by atoms with Gasteiger partial charge in [-0.1, -0.05) is 13.8 Å². The average molecular weight is 310 g/mol. The number of carbonyl (C=O) groups excluding carboxylic acids is 1. The van der Waals surface area contributed by atoms with Crippen molar-refractivity contribution in [3.8, 4) is 0 Å². The molecule has 0 spiro atoms. The zero-order valence-corrected chi connectivity index (χ0v) is 13.5. The molecule has 1 heterocycles. The average Bonchev–Trinajstić information content (AvgIpc) is 2.88. The molecule has 1 aromatic carbocycles. The lowest BCUT2D eigenvalue weighted by molar-refractivity contribution is -0.118. The van der Waals surface area contributed by atoms with E-state index in [2.05, 4.69) is 4.72 Å². The first kappa shape index (κ1) is 16.0. The highest BCUT2D eigenvalue weighted by atomic mass is 32.2. The highest BCUT2D eigenvalue weighted by Gasteiger charge is 2.26.